The number of hydrogen-bond acceptors (Lipinski definition) is 4. The van der Waals surface area contributed by atoms with E-state index in [1.54, 1.807) is 6.92 Å². The number of carbonyl (C=O) groups excluding carboxylic acids is 1. The fraction of sp³-hybridized carbons (Fsp3) is 0.533. The third-order valence-electron chi connectivity index (χ3n) is 3.34. The summed E-state index contributed by atoms with van der Waals surface area (Å²) in [5.74, 6) is -0.449. The molecule has 0 radical (unpaired) electrons. The Morgan fingerprint density at radius 2 is 2.14 bits per heavy atom. The van der Waals surface area contributed by atoms with Crippen molar-refractivity contribution in [3.63, 3.8) is 0 Å². The molecule has 2 heterocycles. The van der Waals surface area contributed by atoms with E-state index >= 15 is 0 Å². The second-order valence-electron chi connectivity index (χ2n) is 4.92. The molecule has 0 aliphatic heterocycles. The number of fused-ring (bicyclic) bond motifs is 1. The monoisotopic (exact) mass is 309 g/mol. The molecule has 0 fully saturated rings. The Labute approximate surface area is 129 Å². The van der Waals surface area contributed by atoms with Crippen LogP contribution in [0.5, 0.6) is 0 Å². The maximum atomic E-state index is 11.9. The molecule has 2 aromatic heterocycles. The number of hydrogen-bond donors (Lipinski definition) is 0. The van der Waals surface area contributed by atoms with Gasteiger partial charge < -0.3 is 4.74 Å². The molecule has 0 unspecified atom stereocenters. The summed E-state index contributed by atoms with van der Waals surface area (Å²) >= 11 is 6.36. The maximum absolute atomic E-state index is 11.9. The Balaban J connectivity index is 2.41. The largest absolute Gasteiger partial charge is 0.462 e. The zero-order chi connectivity index (χ0) is 15.4. The quantitative estimate of drug-likeness (QED) is 0.602. The Bertz CT molecular complexity index is 652. The predicted octanol–water partition coefficient (Wildman–Crippen LogP) is 3.76. The highest BCUT2D eigenvalue weighted by atomic mass is 35.5. The first-order valence-electron chi connectivity index (χ1n) is 7.28. The number of carbonyl (C=O) groups is 1. The van der Waals surface area contributed by atoms with Crippen molar-refractivity contribution in [3.05, 3.63) is 22.5 Å². The lowest BCUT2D eigenvalue weighted by atomic mass is 10.2. The molecule has 21 heavy (non-hydrogen) atoms. The number of halogens is 1. The van der Waals surface area contributed by atoms with Crippen LogP contribution < -0.4 is 0 Å². The minimum absolute atomic E-state index is 0.294. The molecule has 0 saturated heterocycles. The van der Waals surface area contributed by atoms with Crippen molar-refractivity contribution in [3.8, 4) is 0 Å². The van der Waals surface area contributed by atoms with Gasteiger partial charge in [-0.3, -0.25) is 0 Å². The van der Waals surface area contributed by atoms with E-state index in [1.165, 1.54) is 6.20 Å². The summed E-state index contributed by atoms with van der Waals surface area (Å²) in [4.78, 5) is 16.2. The van der Waals surface area contributed by atoms with Gasteiger partial charge in [-0.1, -0.05) is 31.4 Å². The molecule has 0 atom stereocenters. The molecule has 2 aromatic rings. The van der Waals surface area contributed by atoms with Gasteiger partial charge in [0.2, 0.25) is 0 Å². The molecule has 0 spiro atoms. The zero-order valence-electron chi connectivity index (χ0n) is 12.6. The summed E-state index contributed by atoms with van der Waals surface area (Å²) in [6.07, 6.45) is 4.82. The SMILES string of the molecule is CCCCCn1nc(C)c2c(Cl)c(C(=O)OCC)cnc21. The topological polar surface area (TPSA) is 57.0 Å². The molecule has 114 valence electrons. The van der Waals surface area contributed by atoms with Crippen LogP contribution in [-0.2, 0) is 11.3 Å². The number of ether oxygens (including phenoxy) is 1. The van der Waals surface area contributed by atoms with Crippen molar-refractivity contribution >= 4 is 28.6 Å². The summed E-state index contributed by atoms with van der Waals surface area (Å²) < 4.78 is 6.86. The van der Waals surface area contributed by atoms with Gasteiger partial charge in [-0.15, -0.1) is 0 Å². The number of rotatable bonds is 6. The Hall–Kier alpha value is -1.62. The second kappa shape index (κ2) is 6.89. The number of esters is 1. The van der Waals surface area contributed by atoms with E-state index in [1.807, 2.05) is 11.6 Å². The molecule has 2 rings (SSSR count). The first-order valence-corrected chi connectivity index (χ1v) is 7.66. The Morgan fingerprint density at radius 3 is 2.81 bits per heavy atom. The van der Waals surface area contributed by atoms with Crippen LogP contribution in [0.3, 0.4) is 0 Å². The van der Waals surface area contributed by atoms with E-state index in [2.05, 4.69) is 17.0 Å². The van der Waals surface area contributed by atoms with Gasteiger partial charge >= 0.3 is 5.97 Å². The van der Waals surface area contributed by atoms with Gasteiger partial charge in [0.15, 0.2) is 5.65 Å². The minimum Gasteiger partial charge on any atom is -0.462 e. The van der Waals surface area contributed by atoms with Crippen molar-refractivity contribution in [2.45, 2.75) is 46.6 Å². The summed E-state index contributed by atoms with van der Waals surface area (Å²) in [5, 5.41) is 5.59. The second-order valence-corrected chi connectivity index (χ2v) is 5.30. The van der Waals surface area contributed by atoms with Crippen LogP contribution in [0.1, 0.15) is 49.2 Å². The molecule has 0 N–H and O–H groups in total. The van der Waals surface area contributed by atoms with Gasteiger partial charge in [0.25, 0.3) is 0 Å². The van der Waals surface area contributed by atoms with Crippen LogP contribution in [0.2, 0.25) is 5.02 Å². The maximum Gasteiger partial charge on any atom is 0.341 e. The van der Waals surface area contributed by atoms with Gasteiger partial charge in [-0.05, 0) is 20.3 Å². The van der Waals surface area contributed by atoms with E-state index in [-0.39, 0.29) is 0 Å². The van der Waals surface area contributed by atoms with Crippen LogP contribution in [0.25, 0.3) is 11.0 Å². The van der Waals surface area contributed by atoms with Crippen LogP contribution in [0, 0.1) is 6.92 Å². The highest BCUT2D eigenvalue weighted by Gasteiger charge is 2.19. The molecule has 0 aromatic carbocycles. The fourth-order valence-corrected chi connectivity index (χ4v) is 2.64. The Morgan fingerprint density at radius 1 is 1.38 bits per heavy atom. The van der Waals surface area contributed by atoms with Crippen molar-refractivity contribution in [2.75, 3.05) is 6.61 Å². The third kappa shape index (κ3) is 3.18. The molecule has 0 saturated carbocycles. The number of nitrogens with zero attached hydrogens (tertiary/aromatic N) is 3. The number of unbranched alkanes of at least 4 members (excludes halogenated alkanes) is 2. The molecule has 0 amide bonds. The van der Waals surface area contributed by atoms with Gasteiger partial charge in [-0.2, -0.15) is 5.10 Å². The predicted molar refractivity (Wildman–Crippen MR) is 82.8 cm³/mol. The third-order valence-corrected chi connectivity index (χ3v) is 3.73. The molecule has 0 bridgehead atoms. The molecule has 5 nitrogen and oxygen atoms in total. The minimum atomic E-state index is -0.449. The zero-order valence-corrected chi connectivity index (χ0v) is 13.4. The van der Waals surface area contributed by atoms with Crippen LogP contribution in [0.15, 0.2) is 6.20 Å². The molecule has 0 aliphatic carbocycles. The first-order chi connectivity index (χ1) is 10.1. The van der Waals surface area contributed by atoms with Crippen molar-refractivity contribution in [1.29, 1.82) is 0 Å². The van der Waals surface area contributed by atoms with Crippen LogP contribution in [0.4, 0.5) is 0 Å². The van der Waals surface area contributed by atoms with Crippen LogP contribution >= 0.6 is 11.6 Å². The van der Waals surface area contributed by atoms with E-state index in [0.717, 1.165) is 42.5 Å². The normalized spacial score (nSPS) is 11.0. The van der Waals surface area contributed by atoms with E-state index in [9.17, 15) is 4.79 Å². The number of aromatic nitrogens is 3. The van der Waals surface area contributed by atoms with Gasteiger partial charge in [0.05, 0.1) is 28.3 Å². The van der Waals surface area contributed by atoms with E-state index in [0.29, 0.717) is 17.2 Å². The number of aryl methyl sites for hydroxylation is 2. The standard InChI is InChI=1S/C15H20ClN3O2/c1-4-6-7-8-19-14-12(10(3)18-19)13(16)11(9-17-14)15(20)21-5-2/h9H,4-8H2,1-3H3. The lowest BCUT2D eigenvalue weighted by molar-refractivity contribution is 0.0526. The average Bonchev–Trinajstić information content (AvgIpc) is 2.77. The molecular formula is C15H20ClN3O2. The molecule has 0 aliphatic rings. The Kier molecular flexibility index (Phi) is 5.17. The molecular weight excluding hydrogens is 290 g/mol. The smallest absolute Gasteiger partial charge is 0.341 e. The van der Waals surface area contributed by atoms with Crippen molar-refractivity contribution < 1.29 is 9.53 Å². The first kappa shape index (κ1) is 15.8. The summed E-state index contributed by atoms with van der Waals surface area (Å²) in [7, 11) is 0. The van der Waals surface area contributed by atoms with E-state index < -0.39 is 5.97 Å². The highest BCUT2D eigenvalue weighted by molar-refractivity contribution is 6.38. The summed E-state index contributed by atoms with van der Waals surface area (Å²) in [6, 6.07) is 0. The summed E-state index contributed by atoms with van der Waals surface area (Å²) in [6.45, 7) is 6.91. The average molecular weight is 310 g/mol. The highest BCUT2D eigenvalue weighted by Crippen LogP contribution is 2.29. The van der Waals surface area contributed by atoms with E-state index in [4.69, 9.17) is 16.3 Å². The lowest BCUT2D eigenvalue weighted by Gasteiger charge is -2.06. The van der Waals surface area contributed by atoms with Gasteiger partial charge in [0, 0.05) is 12.7 Å². The van der Waals surface area contributed by atoms with Gasteiger partial charge in [0.1, 0.15) is 0 Å². The van der Waals surface area contributed by atoms with Gasteiger partial charge in [-0.25, -0.2) is 14.5 Å². The fourth-order valence-electron chi connectivity index (χ4n) is 2.29. The van der Waals surface area contributed by atoms with Crippen molar-refractivity contribution in [2.24, 2.45) is 0 Å². The summed E-state index contributed by atoms with van der Waals surface area (Å²) in [5.41, 5.74) is 1.80. The van der Waals surface area contributed by atoms with Crippen LogP contribution in [-0.4, -0.2) is 27.3 Å². The number of pyridine rings is 1. The molecule has 6 heteroatoms. The lowest BCUT2D eigenvalue weighted by Crippen LogP contribution is -2.07. The van der Waals surface area contributed by atoms with Crippen molar-refractivity contribution in [1.82, 2.24) is 14.8 Å².